The predicted octanol–water partition coefficient (Wildman–Crippen LogP) is -1.56. The Morgan fingerprint density at radius 2 is 1.85 bits per heavy atom. The number of rotatable bonds is 5. The molecular formula is C8H18N2O3. The molecule has 0 aromatic carbocycles. The Morgan fingerprint density at radius 1 is 1.38 bits per heavy atom. The van der Waals surface area contributed by atoms with Crippen LogP contribution in [0.4, 0.5) is 0 Å². The third-order valence-electron chi connectivity index (χ3n) is 1.81. The Morgan fingerprint density at radius 3 is 2.15 bits per heavy atom. The van der Waals surface area contributed by atoms with Crippen LogP contribution in [0.25, 0.3) is 0 Å². The number of nitrogens with two attached hydrogens (primary N) is 1. The standard InChI is InChI=1S/C8H18N2O3/c1-5(2)7(9)8(13)10-6(3-11)4-12/h5-7,11-12H,3-4,9H2,1-2H3,(H,10,13)/t7-/m0/s1. The normalized spacial score (nSPS) is 13.5. The molecule has 0 aromatic heterocycles. The molecule has 5 nitrogen and oxygen atoms in total. The number of hydrogen-bond acceptors (Lipinski definition) is 4. The average molecular weight is 190 g/mol. The van der Waals surface area contributed by atoms with Gasteiger partial charge in [0.15, 0.2) is 0 Å². The van der Waals surface area contributed by atoms with E-state index in [1.54, 1.807) is 0 Å². The summed E-state index contributed by atoms with van der Waals surface area (Å²) in [6.07, 6.45) is 0. The largest absolute Gasteiger partial charge is 0.394 e. The fourth-order valence-corrected chi connectivity index (χ4v) is 0.749. The zero-order valence-corrected chi connectivity index (χ0v) is 8.03. The maximum atomic E-state index is 11.3. The zero-order valence-electron chi connectivity index (χ0n) is 8.03. The van der Waals surface area contributed by atoms with Gasteiger partial charge in [-0.25, -0.2) is 0 Å². The Labute approximate surface area is 77.9 Å². The number of aliphatic hydroxyl groups is 2. The van der Waals surface area contributed by atoms with Crippen LogP contribution in [0.2, 0.25) is 0 Å². The van der Waals surface area contributed by atoms with E-state index >= 15 is 0 Å². The first-order chi connectivity index (χ1) is 6.02. The summed E-state index contributed by atoms with van der Waals surface area (Å²) in [4.78, 5) is 11.3. The number of hydrogen-bond donors (Lipinski definition) is 4. The first kappa shape index (κ1) is 12.3. The molecule has 78 valence electrons. The van der Waals surface area contributed by atoms with Crippen molar-refractivity contribution in [2.75, 3.05) is 13.2 Å². The molecule has 1 atom stereocenters. The van der Waals surface area contributed by atoms with Crippen molar-refractivity contribution in [2.45, 2.75) is 25.9 Å². The van der Waals surface area contributed by atoms with Gasteiger partial charge in [0.1, 0.15) is 0 Å². The van der Waals surface area contributed by atoms with Crippen LogP contribution in [0.5, 0.6) is 0 Å². The SMILES string of the molecule is CC(C)[C@H](N)C(=O)NC(CO)CO. The summed E-state index contributed by atoms with van der Waals surface area (Å²) in [5.41, 5.74) is 5.54. The highest BCUT2D eigenvalue weighted by atomic mass is 16.3. The molecule has 0 aliphatic heterocycles. The minimum atomic E-state index is -0.614. The molecule has 1 amide bonds. The van der Waals surface area contributed by atoms with Gasteiger partial charge in [0.25, 0.3) is 0 Å². The van der Waals surface area contributed by atoms with Crippen molar-refractivity contribution in [1.29, 1.82) is 0 Å². The van der Waals surface area contributed by atoms with Gasteiger partial charge in [-0.05, 0) is 5.92 Å². The van der Waals surface area contributed by atoms with Gasteiger partial charge < -0.3 is 21.3 Å². The van der Waals surface area contributed by atoms with E-state index in [4.69, 9.17) is 15.9 Å². The molecular weight excluding hydrogens is 172 g/mol. The lowest BCUT2D eigenvalue weighted by molar-refractivity contribution is -0.124. The van der Waals surface area contributed by atoms with Crippen LogP contribution >= 0.6 is 0 Å². The van der Waals surface area contributed by atoms with E-state index in [1.165, 1.54) is 0 Å². The molecule has 0 fully saturated rings. The third kappa shape index (κ3) is 4.21. The van der Waals surface area contributed by atoms with E-state index in [0.717, 1.165) is 0 Å². The molecule has 0 aliphatic rings. The first-order valence-electron chi connectivity index (χ1n) is 4.30. The number of carbonyl (C=O) groups is 1. The lowest BCUT2D eigenvalue weighted by atomic mass is 10.0. The van der Waals surface area contributed by atoms with Crippen LogP contribution in [-0.2, 0) is 4.79 Å². The maximum absolute atomic E-state index is 11.3. The van der Waals surface area contributed by atoms with Crippen LogP contribution in [0, 0.1) is 5.92 Å². The van der Waals surface area contributed by atoms with Crippen molar-refractivity contribution in [2.24, 2.45) is 11.7 Å². The minimum Gasteiger partial charge on any atom is -0.394 e. The molecule has 13 heavy (non-hydrogen) atoms. The van der Waals surface area contributed by atoms with Crippen LogP contribution in [0.3, 0.4) is 0 Å². The quantitative estimate of drug-likeness (QED) is 0.421. The number of amides is 1. The number of aliphatic hydroxyl groups excluding tert-OH is 2. The Bertz CT molecular complexity index is 157. The van der Waals surface area contributed by atoms with Gasteiger partial charge in [-0.2, -0.15) is 0 Å². The summed E-state index contributed by atoms with van der Waals surface area (Å²) in [6, 6.07) is -1.21. The fraction of sp³-hybridized carbons (Fsp3) is 0.875. The lowest BCUT2D eigenvalue weighted by Gasteiger charge is -2.19. The van der Waals surface area contributed by atoms with Crippen molar-refractivity contribution >= 4 is 5.91 Å². The maximum Gasteiger partial charge on any atom is 0.237 e. The molecule has 5 heteroatoms. The van der Waals surface area contributed by atoms with Crippen molar-refractivity contribution in [3.8, 4) is 0 Å². The highest BCUT2D eigenvalue weighted by Crippen LogP contribution is 1.98. The molecule has 0 aromatic rings. The second-order valence-electron chi connectivity index (χ2n) is 3.34. The van der Waals surface area contributed by atoms with E-state index in [0.29, 0.717) is 0 Å². The van der Waals surface area contributed by atoms with Gasteiger partial charge in [-0.1, -0.05) is 13.8 Å². The molecule has 0 saturated heterocycles. The highest BCUT2D eigenvalue weighted by Gasteiger charge is 2.19. The molecule has 5 N–H and O–H groups in total. The summed E-state index contributed by atoms with van der Waals surface area (Å²) >= 11 is 0. The summed E-state index contributed by atoms with van der Waals surface area (Å²) < 4.78 is 0. The van der Waals surface area contributed by atoms with Gasteiger partial charge in [0.05, 0.1) is 25.3 Å². The first-order valence-corrected chi connectivity index (χ1v) is 4.30. The van der Waals surface area contributed by atoms with Gasteiger partial charge in [0, 0.05) is 0 Å². The molecule has 0 spiro atoms. The van der Waals surface area contributed by atoms with Crippen LogP contribution in [0.1, 0.15) is 13.8 Å². The summed E-state index contributed by atoms with van der Waals surface area (Å²) in [6.45, 7) is 3.09. The monoisotopic (exact) mass is 190 g/mol. The lowest BCUT2D eigenvalue weighted by Crippen LogP contribution is -2.50. The van der Waals surface area contributed by atoms with Gasteiger partial charge in [-0.3, -0.25) is 4.79 Å². The molecule has 0 radical (unpaired) electrons. The summed E-state index contributed by atoms with van der Waals surface area (Å²) in [7, 11) is 0. The van der Waals surface area contributed by atoms with Crippen molar-refractivity contribution in [3.05, 3.63) is 0 Å². The second-order valence-corrected chi connectivity index (χ2v) is 3.34. The molecule has 0 bridgehead atoms. The smallest absolute Gasteiger partial charge is 0.237 e. The second kappa shape index (κ2) is 5.90. The van der Waals surface area contributed by atoms with Gasteiger partial charge in [-0.15, -0.1) is 0 Å². The van der Waals surface area contributed by atoms with Crippen LogP contribution in [-0.4, -0.2) is 41.4 Å². The van der Waals surface area contributed by atoms with Crippen LogP contribution < -0.4 is 11.1 Å². The Hall–Kier alpha value is -0.650. The highest BCUT2D eigenvalue weighted by molar-refractivity contribution is 5.82. The van der Waals surface area contributed by atoms with E-state index in [2.05, 4.69) is 5.32 Å². The molecule has 0 aliphatic carbocycles. The molecule has 0 saturated carbocycles. The van der Waals surface area contributed by atoms with Crippen LogP contribution in [0.15, 0.2) is 0 Å². The average Bonchev–Trinajstić information content (AvgIpc) is 2.12. The third-order valence-corrected chi connectivity index (χ3v) is 1.81. The fourth-order valence-electron chi connectivity index (χ4n) is 0.749. The number of carbonyl (C=O) groups excluding carboxylic acids is 1. The Kier molecular flexibility index (Phi) is 5.61. The summed E-state index contributed by atoms with van der Waals surface area (Å²) in [5.74, 6) is -0.305. The zero-order chi connectivity index (χ0) is 10.4. The van der Waals surface area contributed by atoms with Gasteiger partial charge in [0.2, 0.25) is 5.91 Å². The summed E-state index contributed by atoms with van der Waals surface area (Å²) in [5, 5.41) is 19.8. The van der Waals surface area contributed by atoms with E-state index < -0.39 is 12.1 Å². The Balaban J connectivity index is 3.98. The van der Waals surface area contributed by atoms with Gasteiger partial charge >= 0.3 is 0 Å². The topological polar surface area (TPSA) is 95.6 Å². The van der Waals surface area contributed by atoms with E-state index in [-0.39, 0.29) is 25.0 Å². The van der Waals surface area contributed by atoms with E-state index in [1.807, 2.05) is 13.8 Å². The van der Waals surface area contributed by atoms with E-state index in [9.17, 15) is 4.79 Å². The number of nitrogens with one attached hydrogen (secondary N) is 1. The molecule has 0 rings (SSSR count). The van der Waals surface area contributed by atoms with Crippen molar-refractivity contribution in [3.63, 3.8) is 0 Å². The predicted molar refractivity (Wildman–Crippen MR) is 48.9 cm³/mol. The molecule has 0 heterocycles. The van der Waals surface area contributed by atoms with Crippen molar-refractivity contribution in [1.82, 2.24) is 5.32 Å². The molecule has 0 unspecified atom stereocenters. The van der Waals surface area contributed by atoms with Crippen molar-refractivity contribution < 1.29 is 15.0 Å². The minimum absolute atomic E-state index is 0.0398.